The number of hydrogen-bond donors (Lipinski definition) is 0. The van der Waals surface area contributed by atoms with Crippen LogP contribution in [-0.2, 0) is 13.1 Å². The fourth-order valence-corrected chi connectivity index (χ4v) is 5.79. The Bertz CT molecular complexity index is 959. The Morgan fingerprint density at radius 2 is 1.22 bits per heavy atom. The van der Waals surface area contributed by atoms with E-state index >= 15 is 0 Å². The molecule has 0 fully saturated rings. The van der Waals surface area contributed by atoms with E-state index in [2.05, 4.69) is 31.9 Å². The SMILES string of the molecule is Cc1cc(Br)c2c(c1[N+](=O)[O-])CN1CN2Cc2c1c(Br)cc(C)c2[N+](=O)[O-]. The summed E-state index contributed by atoms with van der Waals surface area (Å²) in [6.45, 7) is 4.58. The second-order valence-corrected chi connectivity index (χ2v) is 8.46. The van der Waals surface area contributed by atoms with Gasteiger partial charge in [0.25, 0.3) is 11.4 Å². The van der Waals surface area contributed by atoms with E-state index < -0.39 is 0 Å². The van der Waals surface area contributed by atoms with Gasteiger partial charge in [-0.3, -0.25) is 20.2 Å². The molecule has 140 valence electrons. The van der Waals surface area contributed by atoms with Gasteiger partial charge in [-0.05, 0) is 57.8 Å². The monoisotopic (exact) mass is 496 g/mol. The van der Waals surface area contributed by atoms with Crippen LogP contribution in [0.1, 0.15) is 22.3 Å². The van der Waals surface area contributed by atoms with Crippen molar-refractivity contribution in [3.05, 3.63) is 63.6 Å². The van der Waals surface area contributed by atoms with Crippen molar-refractivity contribution < 1.29 is 9.85 Å². The first-order chi connectivity index (χ1) is 12.7. The molecule has 8 nitrogen and oxygen atoms in total. The minimum atomic E-state index is -0.350. The summed E-state index contributed by atoms with van der Waals surface area (Å²) in [5.41, 5.74) is 4.09. The third-order valence-corrected chi connectivity index (χ3v) is 6.28. The molecule has 4 rings (SSSR count). The Balaban J connectivity index is 1.98. The summed E-state index contributed by atoms with van der Waals surface area (Å²) < 4.78 is 1.52. The zero-order chi connectivity index (χ0) is 19.6. The maximum atomic E-state index is 11.7. The topological polar surface area (TPSA) is 92.8 Å². The van der Waals surface area contributed by atoms with E-state index in [4.69, 9.17) is 0 Å². The Morgan fingerprint density at radius 3 is 1.56 bits per heavy atom. The van der Waals surface area contributed by atoms with Gasteiger partial charge in [-0.15, -0.1) is 0 Å². The number of anilines is 2. The normalized spacial score (nSPS) is 14.7. The van der Waals surface area contributed by atoms with Crippen molar-refractivity contribution in [2.45, 2.75) is 26.9 Å². The van der Waals surface area contributed by atoms with E-state index in [0.717, 1.165) is 20.3 Å². The number of halogens is 2. The lowest BCUT2D eigenvalue weighted by molar-refractivity contribution is -0.386. The molecule has 2 bridgehead atoms. The maximum Gasteiger partial charge on any atom is 0.279 e. The molecule has 0 aromatic heterocycles. The second-order valence-electron chi connectivity index (χ2n) is 6.75. The largest absolute Gasteiger partial charge is 0.348 e. The molecule has 2 aromatic rings. The van der Waals surface area contributed by atoms with Crippen LogP contribution in [0.25, 0.3) is 0 Å². The Labute approximate surface area is 171 Å². The summed E-state index contributed by atoms with van der Waals surface area (Å²) in [6, 6.07) is 3.48. The van der Waals surface area contributed by atoms with Crippen LogP contribution in [0.5, 0.6) is 0 Å². The lowest BCUT2D eigenvalue weighted by Gasteiger charge is -2.45. The van der Waals surface area contributed by atoms with Crippen LogP contribution in [-0.4, -0.2) is 16.5 Å². The van der Waals surface area contributed by atoms with Gasteiger partial charge >= 0.3 is 0 Å². The van der Waals surface area contributed by atoms with Gasteiger partial charge in [0.1, 0.15) is 0 Å². The summed E-state index contributed by atoms with van der Waals surface area (Å²) in [4.78, 5) is 26.6. The maximum absolute atomic E-state index is 11.7. The number of nitrogens with zero attached hydrogens (tertiary/aromatic N) is 4. The summed E-state index contributed by atoms with van der Waals surface area (Å²) in [7, 11) is 0. The highest BCUT2D eigenvalue weighted by molar-refractivity contribution is 9.11. The summed E-state index contributed by atoms with van der Waals surface area (Å²) in [5.74, 6) is 0. The third-order valence-electron chi connectivity index (χ3n) is 5.07. The van der Waals surface area contributed by atoms with E-state index in [0.29, 0.717) is 42.0 Å². The van der Waals surface area contributed by atoms with Gasteiger partial charge in [0, 0.05) is 20.1 Å². The average Bonchev–Trinajstić information content (AvgIpc) is 2.52. The molecule has 2 heterocycles. The third kappa shape index (κ3) is 2.61. The molecular formula is C17H14Br2N4O4. The van der Waals surface area contributed by atoms with Gasteiger partial charge in [-0.1, -0.05) is 0 Å². The van der Waals surface area contributed by atoms with Crippen LogP contribution in [0.3, 0.4) is 0 Å². The van der Waals surface area contributed by atoms with E-state index in [9.17, 15) is 20.2 Å². The lowest BCUT2D eigenvalue weighted by Crippen LogP contribution is -2.47. The molecule has 0 N–H and O–H groups in total. The zero-order valence-corrected chi connectivity index (χ0v) is 17.6. The number of nitro groups is 2. The Hall–Kier alpha value is -2.20. The lowest BCUT2D eigenvalue weighted by atomic mass is 9.96. The van der Waals surface area contributed by atoms with E-state index in [-0.39, 0.29) is 21.2 Å². The first kappa shape index (κ1) is 18.2. The van der Waals surface area contributed by atoms with Crippen LogP contribution in [0.2, 0.25) is 0 Å². The van der Waals surface area contributed by atoms with Gasteiger partial charge in [0.15, 0.2) is 0 Å². The fraction of sp³-hybridized carbons (Fsp3) is 0.294. The molecule has 0 spiro atoms. The van der Waals surface area contributed by atoms with E-state index in [1.807, 2.05) is 9.80 Å². The van der Waals surface area contributed by atoms with E-state index in [1.165, 1.54) is 0 Å². The van der Waals surface area contributed by atoms with Crippen LogP contribution in [0.4, 0.5) is 22.7 Å². The molecule has 0 saturated heterocycles. The summed E-state index contributed by atoms with van der Waals surface area (Å²) >= 11 is 7.06. The van der Waals surface area contributed by atoms with Crippen molar-refractivity contribution in [3.63, 3.8) is 0 Å². The molecule has 0 amide bonds. The van der Waals surface area contributed by atoms with Gasteiger partial charge in [0.05, 0.1) is 52.1 Å². The quantitative estimate of drug-likeness (QED) is 0.430. The molecule has 0 saturated carbocycles. The predicted octanol–water partition coefficient (Wildman–Crippen LogP) is 4.94. The molecule has 2 aliphatic rings. The molecule has 0 atom stereocenters. The van der Waals surface area contributed by atoms with Gasteiger partial charge in [-0.2, -0.15) is 0 Å². The second kappa shape index (κ2) is 6.16. The van der Waals surface area contributed by atoms with E-state index in [1.54, 1.807) is 26.0 Å². The molecule has 27 heavy (non-hydrogen) atoms. The number of hydrogen-bond acceptors (Lipinski definition) is 6. The number of nitro benzene ring substituents is 2. The first-order valence-corrected chi connectivity index (χ1v) is 9.72. The molecule has 2 aromatic carbocycles. The highest BCUT2D eigenvalue weighted by Crippen LogP contribution is 2.50. The number of rotatable bonds is 2. The Kier molecular flexibility index (Phi) is 4.15. The predicted molar refractivity (Wildman–Crippen MR) is 108 cm³/mol. The van der Waals surface area contributed by atoms with Gasteiger partial charge in [0.2, 0.25) is 0 Å². The van der Waals surface area contributed by atoms with Crippen molar-refractivity contribution in [3.8, 4) is 0 Å². The minimum Gasteiger partial charge on any atom is -0.348 e. The molecule has 0 unspecified atom stereocenters. The van der Waals surface area contributed by atoms with Crippen LogP contribution in [0.15, 0.2) is 21.1 Å². The smallest absolute Gasteiger partial charge is 0.279 e. The van der Waals surface area contributed by atoms with Crippen LogP contribution < -0.4 is 9.80 Å². The standard InChI is InChI=1S/C17H14Br2N4O4/c1-8-3-12(18)16-10(14(8)22(24)25)5-20-7-21(16)6-11-15(23(26)27)9(2)4-13(19)17(11)20/h3-4H,5-7H2,1-2H3. The molecular weight excluding hydrogens is 484 g/mol. The van der Waals surface area contributed by atoms with Crippen molar-refractivity contribution in [1.82, 2.24) is 0 Å². The highest BCUT2D eigenvalue weighted by atomic mass is 79.9. The highest BCUT2D eigenvalue weighted by Gasteiger charge is 2.40. The average molecular weight is 498 g/mol. The van der Waals surface area contributed by atoms with Crippen molar-refractivity contribution in [2.75, 3.05) is 16.5 Å². The summed E-state index contributed by atoms with van der Waals surface area (Å²) in [5, 5.41) is 23.4. The first-order valence-electron chi connectivity index (χ1n) is 8.13. The number of fused-ring (bicyclic) bond motifs is 6. The number of benzene rings is 2. The van der Waals surface area contributed by atoms with Crippen LogP contribution in [0, 0.1) is 34.1 Å². The zero-order valence-electron chi connectivity index (χ0n) is 14.5. The molecule has 0 radical (unpaired) electrons. The summed E-state index contributed by atoms with van der Waals surface area (Å²) in [6.07, 6.45) is 0. The minimum absolute atomic E-state index is 0.101. The van der Waals surface area contributed by atoms with Gasteiger partial charge < -0.3 is 9.80 Å². The van der Waals surface area contributed by atoms with Gasteiger partial charge in [-0.25, -0.2) is 0 Å². The van der Waals surface area contributed by atoms with Crippen molar-refractivity contribution in [2.24, 2.45) is 0 Å². The molecule has 2 aliphatic heterocycles. The van der Waals surface area contributed by atoms with Crippen molar-refractivity contribution in [1.29, 1.82) is 0 Å². The fourth-order valence-electron chi connectivity index (χ4n) is 4.12. The van der Waals surface area contributed by atoms with Crippen molar-refractivity contribution >= 4 is 54.6 Å². The Morgan fingerprint density at radius 1 is 0.852 bits per heavy atom. The number of aryl methyl sites for hydroxylation is 2. The molecule has 0 aliphatic carbocycles. The van der Waals surface area contributed by atoms with Crippen LogP contribution >= 0.6 is 31.9 Å². The molecule has 10 heteroatoms.